The number of rotatable bonds is 7. The number of carbonyl (C=O) groups is 1. The van der Waals surface area contributed by atoms with Crippen molar-refractivity contribution in [1.29, 1.82) is 0 Å². The van der Waals surface area contributed by atoms with Gasteiger partial charge in [0.1, 0.15) is 0 Å². The third kappa shape index (κ3) is 4.47. The van der Waals surface area contributed by atoms with E-state index in [2.05, 4.69) is 17.6 Å². The monoisotopic (exact) mass is 270 g/mol. The lowest BCUT2D eigenvalue weighted by molar-refractivity contribution is -0.122. The van der Waals surface area contributed by atoms with Gasteiger partial charge in [-0.3, -0.25) is 4.79 Å². The third-order valence-corrected chi connectivity index (χ3v) is 5.02. The van der Waals surface area contributed by atoms with Crippen molar-refractivity contribution >= 4 is 17.7 Å². The maximum Gasteiger partial charge on any atom is 0.220 e. The number of hydrogen-bond acceptors (Lipinski definition) is 3. The van der Waals surface area contributed by atoms with Crippen molar-refractivity contribution < 1.29 is 4.79 Å². The fourth-order valence-corrected chi connectivity index (χ4v) is 3.86. The van der Waals surface area contributed by atoms with Crippen LogP contribution in [0.25, 0.3) is 0 Å². The molecule has 0 radical (unpaired) electrons. The quantitative estimate of drug-likeness (QED) is 0.697. The van der Waals surface area contributed by atoms with Gasteiger partial charge >= 0.3 is 0 Å². The van der Waals surface area contributed by atoms with Crippen LogP contribution in [0.15, 0.2) is 0 Å². The van der Waals surface area contributed by atoms with Crippen molar-refractivity contribution in [3.8, 4) is 0 Å². The summed E-state index contributed by atoms with van der Waals surface area (Å²) in [5, 5.41) is 6.69. The lowest BCUT2D eigenvalue weighted by Crippen LogP contribution is -2.39. The van der Waals surface area contributed by atoms with Gasteiger partial charge in [0.2, 0.25) is 5.91 Å². The molecule has 2 heterocycles. The highest BCUT2D eigenvalue weighted by molar-refractivity contribution is 7.99. The van der Waals surface area contributed by atoms with E-state index < -0.39 is 0 Å². The zero-order valence-electron chi connectivity index (χ0n) is 11.4. The molecule has 104 valence electrons. The Morgan fingerprint density at radius 1 is 1.33 bits per heavy atom. The molecular formula is C14H26N2OS. The predicted molar refractivity (Wildman–Crippen MR) is 77.9 cm³/mol. The Morgan fingerprint density at radius 2 is 2.06 bits per heavy atom. The molecule has 2 rings (SSSR count). The number of nitrogens with one attached hydrogen (secondary N) is 2. The summed E-state index contributed by atoms with van der Waals surface area (Å²) in [5.41, 5.74) is 0. The normalized spacial score (nSPS) is 30.4. The number of hydrogen-bond donors (Lipinski definition) is 2. The van der Waals surface area contributed by atoms with Gasteiger partial charge in [0, 0.05) is 25.0 Å². The summed E-state index contributed by atoms with van der Waals surface area (Å²) in [6, 6.07) is 1.39. The topological polar surface area (TPSA) is 41.1 Å². The van der Waals surface area contributed by atoms with Gasteiger partial charge in [-0.15, -0.1) is 0 Å². The highest BCUT2D eigenvalue weighted by atomic mass is 32.2. The van der Waals surface area contributed by atoms with Gasteiger partial charge in [-0.2, -0.15) is 11.8 Å². The molecule has 2 bridgehead atoms. The Hall–Kier alpha value is -0.220. The Labute approximate surface area is 115 Å². The van der Waals surface area contributed by atoms with Crippen LogP contribution >= 0.6 is 11.8 Å². The van der Waals surface area contributed by atoms with Gasteiger partial charge in [0.05, 0.1) is 0 Å². The minimum Gasteiger partial charge on any atom is -0.356 e. The number of amides is 1. The highest BCUT2D eigenvalue weighted by Gasteiger charge is 2.33. The molecule has 2 aliphatic heterocycles. The SMILES string of the molecule is CCSCCCNC(=O)CC1CC2CCC(C1)N2. The molecule has 2 fully saturated rings. The maximum atomic E-state index is 11.8. The Kier molecular flexibility index (Phi) is 5.83. The van der Waals surface area contributed by atoms with Crippen molar-refractivity contribution in [2.24, 2.45) is 5.92 Å². The molecule has 2 saturated heterocycles. The number of piperidine rings is 1. The van der Waals surface area contributed by atoms with Crippen LogP contribution in [0, 0.1) is 5.92 Å². The number of fused-ring (bicyclic) bond motifs is 2. The van der Waals surface area contributed by atoms with E-state index in [0.29, 0.717) is 18.0 Å². The molecule has 2 aliphatic rings. The summed E-state index contributed by atoms with van der Waals surface area (Å²) >= 11 is 1.94. The predicted octanol–water partition coefficient (Wildman–Crippen LogP) is 2.17. The van der Waals surface area contributed by atoms with Crippen molar-refractivity contribution in [2.75, 3.05) is 18.1 Å². The highest BCUT2D eigenvalue weighted by Crippen LogP contribution is 2.32. The van der Waals surface area contributed by atoms with Crippen LogP contribution in [0.4, 0.5) is 0 Å². The largest absolute Gasteiger partial charge is 0.356 e. The molecule has 0 aromatic rings. The third-order valence-electron chi connectivity index (χ3n) is 4.04. The molecule has 0 saturated carbocycles. The Balaban J connectivity index is 1.57. The zero-order valence-corrected chi connectivity index (χ0v) is 12.2. The summed E-state index contributed by atoms with van der Waals surface area (Å²) in [4.78, 5) is 11.8. The molecule has 1 amide bonds. The molecule has 2 N–H and O–H groups in total. The van der Waals surface area contributed by atoms with E-state index in [1.165, 1.54) is 31.4 Å². The van der Waals surface area contributed by atoms with Gasteiger partial charge in [-0.05, 0) is 49.5 Å². The van der Waals surface area contributed by atoms with Crippen LogP contribution in [-0.2, 0) is 4.79 Å². The van der Waals surface area contributed by atoms with Gasteiger partial charge in [0.25, 0.3) is 0 Å². The van der Waals surface area contributed by atoms with Gasteiger partial charge in [-0.25, -0.2) is 0 Å². The summed E-state index contributed by atoms with van der Waals surface area (Å²) < 4.78 is 0. The second-order valence-electron chi connectivity index (χ2n) is 5.58. The van der Waals surface area contributed by atoms with E-state index in [-0.39, 0.29) is 5.91 Å². The molecule has 0 aromatic heterocycles. The second kappa shape index (κ2) is 7.39. The first-order valence-electron chi connectivity index (χ1n) is 7.38. The lowest BCUT2D eigenvalue weighted by Gasteiger charge is -2.28. The van der Waals surface area contributed by atoms with E-state index in [4.69, 9.17) is 0 Å². The van der Waals surface area contributed by atoms with Crippen LogP contribution in [-0.4, -0.2) is 36.0 Å². The molecule has 2 atom stereocenters. The fourth-order valence-electron chi connectivity index (χ4n) is 3.22. The molecule has 4 heteroatoms. The van der Waals surface area contributed by atoms with E-state index >= 15 is 0 Å². The van der Waals surface area contributed by atoms with Crippen LogP contribution < -0.4 is 10.6 Å². The van der Waals surface area contributed by atoms with Crippen LogP contribution in [0.1, 0.15) is 45.4 Å². The molecule has 0 aromatic carbocycles. The van der Waals surface area contributed by atoms with Gasteiger partial charge < -0.3 is 10.6 Å². The summed E-state index contributed by atoms with van der Waals surface area (Å²) in [6.07, 6.45) is 6.89. The number of carbonyl (C=O) groups excluding carboxylic acids is 1. The minimum absolute atomic E-state index is 0.266. The molecule has 0 aliphatic carbocycles. The average Bonchev–Trinajstić information content (AvgIpc) is 2.68. The van der Waals surface area contributed by atoms with E-state index in [9.17, 15) is 4.79 Å². The Bertz CT molecular complexity index is 261. The first-order chi connectivity index (χ1) is 8.78. The second-order valence-corrected chi connectivity index (χ2v) is 6.97. The summed E-state index contributed by atoms with van der Waals surface area (Å²) in [5.74, 6) is 3.22. The van der Waals surface area contributed by atoms with E-state index in [1.807, 2.05) is 11.8 Å². The van der Waals surface area contributed by atoms with Crippen molar-refractivity contribution in [2.45, 2.75) is 57.5 Å². The molecule has 2 unspecified atom stereocenters. The smallest absolute Gasteiger partial charge is 0.220 e. The number of thioether (sulfide) groups is 1. The Morgan fingerprint density at radius 3 is 2.72 bits per heavy atom. The van der Waals surface area contributed by atoms with Gasteiger partial charge in [0.15, 0.2) is 0 Å². The van der Waals surface area contributed by atoms with E-state index in [0.717, 1.165) is 25.1 Å². The average molecular weight is 270 g/mol. The zero-order chi connectivity index (χ0) is 12.8. The lowest BCUT2D eigenvalue weighted by atomic mass is 9.89. The van der Waals surface area contributed by atoms with Crippen LogP contribution in [0.5, 0.6) is 0 Å². The molecule has 0 spiro atoms. The molecule has 3 nitrogen and oxygen atoms in total. The van der Waals surface area contributed by atoms with Gasteiger partial charge in [-0.1, -0.05) is 6.92 Å². The standard InChI is InChI=1S/C14H26N2OS/c1-2-18-7-3-6-15-14(17)10-11-8-12-4-5-13(9-11)16-12/h11-13,16H,2-10H2,1H3,(H,15,17). The van der Waals surface area contributed by atoms with Crippen LogP contribution in [0.3, 0.4) is 0 Å². The van der Waals surface area contributed by atoms with Crippen molar-refractivity contribution in [3.63, 3.8) is 0 Å². The van der Waals surface area contributed by atoms with Crippen molar-refractivity contribution in [3.05, 3.63) is 0 Å². The summed E-state index contributed by atoms with van der Waals surface area (Å²) in [7, 11) is 0. The van der Waals surface area contributed by atoms with Crippen LogP contribution in [0.2, 0.25) is 0 Å². The van der Waals surface area contributed by atoms with E-state index in [1.54, 1.807) is 0 Å². The summed E-state index contributed by atoms with van der Waals surface area (Å²) in [6.45, 7) is 3.03. The first kappa shape index (κ1) is 14.2. The molecule has 18 heavy (non-hydrogen) atoms. The maximum absolute atomic E-state index is 11.8. The molecular weight excluding hydrogens is 244 g/mol. The van der Waals surface area contributed by atoms with Crippen molar-refractivity contribution in [1.82, 2.24) is 10.6 Å². The first-order valence-corrected chi connectivity index (χ1v) is 8.54. The minimum atomic E-state index is 0.266. The fraction of sp³-hybridized carbons (Fsp3) is 0.929.